The Balaban J connectivity index is 1.58. The fourth-order valence-corrected chi connectivity index (χ4v) is 2.97. The van der Waals surface area contributed by atoms with E-state index in [4.69, 9.17) is 9.47 Å². The van der Waals surface area contributed by atoms with Crippen molar-refractivity contribution in [3.8, 4) is 22.9 Å². The molecule has 2 aromatic carbocycles. The average molecular weight is 384 g/mol. The Morgan fingerprint density at radius 1 is 1.19 bits per heavy atom. The van der Waals surface area contributed by atoms with Gasteiger partial charge in [-0.05, 0) is 43.3 Å². The monoisotopic (exact) mass is 384 g/mol. The summed E-state index contributed by atoms with van der Waals surface area (Å²) in [4.78, 5) is 16.6. The van der Waals surface area contributed by atoms with Crippen LogP contribution in [0.25, 0.3) is 11.4 Å². The molecule has 0 bridgehead atoms. The van der Waals surface area contributed by atoms with Gasteiger partial charge in [0.2, 0.25) is 11.1 Å². The van der Waals surface area contributed by atoms with Crippen LogP contribution >= 0.6 is 11.8 Å². The number of thioether (sulfide) groups is 1. The van der Waals surface area contributed by atoms with Gasteiger partial charge in [0.05, 0.1) is 25.0 Å². The zero-order chi connectivity index (χ0) is 19.1. The number of H-pyrrole nitrogens is 1. The lowest BCUT2D eigenvalue weighted by Crippen LogP contribution is -2.14. The Labute approximate surface area is 161 Å². The number of carbonyl (C=O) groups is 1. The van der Waals surface area contributed by atoms with Crippen molar-refractivity contribution in [3.05, 3.63) is 48.5 Å². The van der Waals surface area contributed by atoms with E-state index in [1.807, 2.05) is 31.2 Å². The molecule has 3 rings (SSSR count). The number of methoxy groups -OCH3 is 1. The largest absolute Gasteiger partial charge is 0.497 e. The summed E-state index contributed by atoms with van der Waals surface area (Å²) >= 11 is 1.26. The van der Waals surface area contributed by atoms with Crippen LogP contribution in [0.3, 0.4) is 0 Å². The number of nitrogens with one attached hydrogen (secondary N) is 2. The maximum absolute atomic E-state index is 12.1. The van der Waals surface area contributed by atoms with Crippen molar-refractivity contribution in [2.75, 3.05) is 24.8 Å². The molecule has 3 aromatic rings. The second kappa shape index (κ2) is 9.09. The van der Waals surface area contributed by atoms with Gasteiger partial charge in [0.15, 0.2) is 5.82 Å². The van der Waals surface area contributed by atoms with Crippen molar-refractivity contribution in [1.82, 2.24) is 15.2 Å². The third kappa shape index (κ3) is 5.01. The Hall–Kier alpha value is -3.00. The molecule has 0 aliphatic heterocycles. The minimum atomic E-state index is -0.133. The van der Waals surface area contributed by atoms with Crippen LogP contribution in [0.15, 0.2) is 53.7 Å². The summed E-state index contributed by atoms with van der Waals surface area (Å²) in [6.07, 6.45) is 0. The third-order valence-corrected chi connectivity index (χ3v) is 4.46. The highest BCUT2D eigenvalue weighted by Gasteiger charge is 2.12. The Kier molecular flexibility index (Phi) is 6.32. The van der Waals surface area contributed by atoms with Crippen molar-refractivity contribution in [1.29, 1.82) is 0 Å². The van der Waals surface area contributed by atoms with Gasteiger partial charge in [0.25, 0.3) is 0 Å². The number of amides is 1. The molecule has 1 heterocycles. The summed E-state index contributed by atoms with van der Waals surface area (Å²) < 4.78 is 10.7. The molecule has 0 aliphatic carbocycles. The number of nitrogens with zero attached hydrogens (tertiary/aromatic N) is 2. The molecule has 140 valence electrons. The number of rotatable bonds is 8. The van der Waals surface area contributed by atoms with E-state index in [0.29, 0.717) is 23.3 Å². The van der Waals surface area contributed by atoms with Gasteiger partial charge in [-0.15, -0.1) is 5.10 Å². The molecular weight excluding hydrogens is 364 g/mol. The van der Waals surface area contributed by atoms with E-state index < -0.39 is 0 Å². The first-order chi connectivity index (χ1) is 13.2. The summed E-state index contributed by atoms with van der Waals surface area (Å²) in [5, 5.41) is 10.4. The van der Waals surface area contributed by atoms with Gasteiger partial charge >= 0.3 is 0 Å². The molecular formula is C19H20N4O3S. The molecule has 0 saturated heterocycles. The first kappa shape index (κ1) is 18.8. The van der Waals surface area contributed by atoms with Gasteiger partial charge in [-0.25, -0.2) is 4.98 Å². The van der Waals surface area contributed by atoms with E-state index in [1.54, 1.807) is 31.4 Å². The summed E-state index contributed by atoms with van der Waals surface area (Å²) in [5.41, 5.74) is 1.55. The average Bonchev–Trinajstić information content (AvgIpc) is 3.16. The predicted octanol–water partition coefficient (Wildman–Crippen LogP) is 3.61. The molecule has 27 heavy (non-hydrogen) atoms. The van der Waals surface area contributed by atoms with Crippen LogP contribution in [0.2, 0.25) is 0 Å². The lowest BCUT2D eigenvalue weighted by Gasteiger charge is -2.06. The van der Waals surface area contributed by atoms with Crippen LogP contribution < -0.4 is 14.8 Å². The molecule has 0 unspecified atom stereocenters. The van der Waals surface area contributed by atoms with Crippen LogP contribution in [-0.4, -0.2) is 40.6 Å². The Morgan fingerprint density at radius 2 is 1.96 bits per heavy atom. The lowest BCUT2D eigenvalue weighted by molar-refractivity contribution is -0.113. The van der Waals surface area contributed by atoms with E-state index in [1.165, 1.54) is 11.8 Å². The van der Waals surface area contributed by atoms with Crippen molar-refractivity contribution < 1.29 is 14.3 Å². The topological polar surface area (TPSA) is 89.1 Å². The highest BCUT2D eigenvalue weighted by molar-refractivity contribution is 7.99. The van der Waals surface area contributed by atoms with Crippen LogP contribution in [0.4, 0.5) is 5.69 Å². The van der Waals surface area contributed by atoms with Crippen LogP contribution in [0.5, 0.6) is 11.5 Å². The molecule has 0 radical (unpaired) electrons. The molecule has 0 spiro atoms. The van der Waals surface area contributed by atoms with E-state index in [9.17, 15) is 4.79 Å². The first-order valence-electron chi connectivity index (χ1n) is 8.41. The lowest BCUT2D eigenvalue weighted by atomic mass is 10.2. The second-order valence-electron chi connectivity index (χ2n) is 5.46. The van der Waals surface area contributed by atoms with Crippen molar-refractivity contribution in [3.63, 3.8) is 0 Å². The fraction of sp³-hybridized carbons (Fsp3) is 0.211. The number of hydrogen-bond acceptors (Lipinski definition) is 6. The standard InChI is InChI=1S/C19H20N4O3S/c1-3-26-16-7-5-4-6-15(16)18-21-19(23-22-18)27-12-17(24)20-13-8-10-14(25-2)11-9-13/h4-11H,3,12H2,1-2H3,(H,20,24)(H,21,22,23). The number of ether oxygens (including phenoxy) is 2. The van der Waals surface area contributed by atoms with Crippen LogP contribution in [0.1, 0.15) is 6.92 Å². The molecule has 8 heteroatoms. The number of anilines is 1. The van der Waals surface area contributed by atoms with Crippen LogP contribution in [0, 0.1) is 0 Å². The number of carbonyl (C=O) groups excluding carboxylic acids is 1. The molecule has 0 atom stereocenters. The molecule has 2 N–H and O–H groups in total. The zero-order valence-electron chi connectivity index (χ0n) is 15.1. The maximum Gasteiger partial charge on any atom is 0.234 e. The van der Waals surface area contributed by atoms with Crippen molar-refractivity contribution in [2.24, 2.45) is 0 Å². The van der Waals surface area contributed by atoms with E-state index in [2.05, 4.69) is 20.5 Å². The summed E-state index contributed by atoms with van der Waals surface area (Å²) in [5.74, 6) is 2.16. The van der Waals surface area contributed by atoms with Crippen LogP contribution in [-0.2, 0) is 4.79 Å². The molecule has 1 amide bonds. The van der Waals surface area contributed by atoms with Gasteiger partial charge in [0, 0.05) is 5.69 Å². The molecule has 7 nitrogen and oxygen atoms in total. The summed E-state index contributed by atoms with van der Waals surface area (Å²) in [6, 6.07) is 14.8. The SMILES string of the molecule is CCOc1ccccc1-c1nc(SCC(=O)Nc2ccc(OC)cc2)n[nH]1. The highest BCUT2D eigenvalue weighted by atomic mass is 32.2. The number of benzene rings is 2. The Morgan fingerprint density at radius 3 is 2.70 bits per heavy atom. The Bertz CT molecular complexity index is 896. The van der Waals surface area contributed by atoms with Crippen molar-refractivity contribution in [2.45, 2.75) is 12.1 Å². The van der Waals surface area contributed by atoms with Crippen molar-refractivity contribution >= 4 is 23.4 Å². The second-order valence-corrected chi connectivity index (χ2v) is 6.40. The maximum atomic E-state index is 12.1. The normalized spacial score (nSPS) is 10.4. The predicted molar refractivity (Wildman–Crippen MR) is 105 cm³/mol. The first-order valence-corrected chi connectivity index (χ1v) is 9.39. The van der Waals surface area contributed by atoms with Gasteiger partial charge in [-0.3, -0.25) is 9.89 Å². The number of para-hydroxylation sites is 1. The molecule has 1 aromatic heterocycles. The van der Waals surface area contributed by atoms with Gasteiger partial charge in [-0.2, -0.15) is 0 Å². The van der Waals surface area contributed by atoms with E-state index in [0.717, 1.165) is 17.1 Å². The third-order valence-electron chi connectivity index (χ3n) is 3.61. The number of aromatic nitrogens is 3. The minimum Gasteiger partial charge on any atom is -0.497 e. The smallest absolute Gasteiger partial charge is 0.234 e. The van der Waals surface area contributed by atoms with Gasteiger partial charge in [0.1, 0.15) is 11.5 Å². The minimum absolute atomic E-state index is 0.133. The summed E-state index contributed by atoms with van der Waals surface area (Å²) in [7, 11) is 1.60. The molecule has 0 fully saturated rings. The fourth-order valence-electron chi connectivity index (χ4n) is 2.38. The highest BCUT2D eigenvalue weighted by Crippen LogP contribution is 2.28. The summed E-state index contributed by atoms with van der Waals surface area (Å²) in [6.45, 7) is 2.50. The molecule has 0 saturated carbocycles. The zero-order valence-corrected chi connectivity index (χ0v) is 15.9. The number of hydrogen-bond donors (Lipinski definition) is 2. The molecule has 0 aliphatic rings. The quantitative estimate of drug-likeness (QED) is 0.577. The van der Waals surface area contributed by atoms with E-state index >= 15 is 0 Å². The van der Waals surface area contributed by atoms with E-state index in [-0.39, 0.29) is 11.7 Å². The van der Waals surface area contributed by atoms with Gasteiger partial charge < -0.3 is 14.8 Å². The number of aromatic amines is 1. The van der Waals surface area contributed by atoms with Gasteiger partial charge in [-0.1, -0.05) is 23.9 Å².